The van der Waals surface area contributed by atoms with Gasteiger partial charge in [0.25, 0.3) is 0 Å². The SMILES string of the molecule is CC(C)c1nnc2n1N[C@H](c1ccccc1)[C@@H](C(=O)c1ccccc1)S2. The zero-order valence-electron chi connectivity index (χ0n) is 14.7. The predicted octanol–water partition coefficient (Wildman–Crippen LogP) is 4.04. The van der Waals surface area contributed by atoms with Crippen molar-refractivity contribution in [1.29, 1.82) is 0 Å². The van der Waals surface area contributed by atoms with Gasteiger partial charge in [0, 0.05) is 11.5 Å². The lowest BCUT2D eigenvalue weighted by molar-refractivity contribution is 0.0980. The van der Waals surface area contributed by atoms with Crippen LogP contribution < -0.4 is 5.43 Å². The number of ketones is 1. The van der Waals surface area contributed by atoms with Crippen molar-refractivity contribution >= 4 is 17.5 Å². The van der Waals surface area contributed by atoms with Crippen LogP contribution in [-0.4, -0.2) is 25.9 Å². The van der Waals surface area contributed by atoms with Gasteiger partial charge in [-0.25, -0.2) is 4.68 Å². The van der Waals surface area contributed by atoms with Crippen LogP contribution in [0.25, 0.3) is 0 Å². The Hall–Kier alpha value is -2.60. The summed E-state index contributed by atoms with van der Waals surface area (Å²) in [4.78, 5) is 13.2. The van der Waals surface area contributed by atoms with E-state index in [-0.39, 0.29) is 23.0 Å². The van der Waals surface area contributed by atoms with E-state index in [1.54, 1.807) is 0 Å². The highest BCUT2D eigenvalue weighted by atomic mass is 32.2. The molecule has 26 heavy (non-hydrogen) atoms. The van der Waals surface area contributed by atoms with Crippen LogP contribution in [0.1, 0.15) is 47.6 Å². The first-order chi connectivity index (χ1) is 12.6. The number of nitrogens with one attached hydrogen (secondary N) is 1. The summed E-state index contributed by atoms with van der Waals surface area (Å²) < 4.78 is 1.93. The molecule has 132 valence electrons. The molecule has 0 amide bonds. The van der Waals surface area contributed by atoms with Crippen molar-refractivity contribution in [2.75, 3.05) is 5.43 Å². The van der Waals surface area contributed by atoms with Gasteiger partial charge >= 0.3 is 0 Å². The molecule has 0 saturated heterocycles. The smallest absolute Gasteiger partial charge is 0.210 e. The molecular weight excluding hydrogens is 344 g/mol. The molecule has 4 rings (SSSR count). The normalized spacial score (nSPS) is 19.0. The summed E-state index contributed by atoms with van der Waals surface area (Å²) >= 11 is 1.48. The number of carbonyl (C=O) groups excluding carboxylic acids is 1. The van der Waals surface area contributed by atoms with Crippen molar-refractivity contribution in [3.8, 4) is 0 Å². The molecule has 2 aromatic carbocycles. The lowest BCUT2D eigenvalue weighted by Crippen LogP contribution is -2.39. The third kappa shape index (κ3) is 3.01. The van der Waals surface area contributed by atoms with E-state index in [4.69, 9.17) is 0 Å². The standard InChI is InChI=1S/C20H20N4OS/c1-13(2)19-21-22-20-24(19)23-16(14-9-5-3-6-10-14)18(26-20)17(25)15-11-7-4-8-12-15/h3-13,16,18,23H,1-2H3/t16-,18+/m1/s1. The van der Waals surface area contributed by atoms with Gasteiger partial charge in [0.15, 0.2) is 11.6 Å². The van der Waals surface area contributed by atoms with E-state index in [1.807, 2.05) is 65.3 Å². The summed E-state index contributed by atoms with van der Waals surface area (Å²) in [6.07, 6.45) is 0. The fourth-order valence-corrected chi connectivity index (χ4v) is 4.29. The Kier molecular flexibility index (Phi) is 4.51. The first-order valence-corrected chi connectivity index (χ1v) is 9.56. The Labute approximate surface area is 156 Å². The molecule has 0 spiro atoms. The minimum atomic E-state index is -0.309. The van der Waals surface area contributed by atoms with Crippen molar-refractivity contribution in [1.82, 2.24) is 14.9 Å². The molecule has 5 nitrogen and oxygen atoms in total. The fraction of sp³-hybridized carbons (Fsp3) is 0.250. The highest BCUT2D eigenvalue weighted by Gasteiger charge is 2.38. The molecule has 0 aliphatic carbocycles. The molecular formula is C20H20N4OS. The molecule has 6 heteroatoms. The minimum absolute atomic E-state index is 0.0947. The van der Waals surface area contributed by atoms with Crippen molar-refractivity contribution in [2.24, 2.45) is 0 Å². The molecule has 0 radical (unpaired) electrons. The number of nitrogens with zero attached hydrogens (tertiary/aromatic N) is 3. The first-order valence-electron chi connectivity index (χ1n) is 8.68. The van der Waals surface area contributed by atoms with Crippen LogP contribution in [0.3, 0.4) is 0 Å². The summed E-state index contributed by atoms with van der Waals surface area (Å²) in [7, 11) is 0. The quantitative estimate of drug-likeness (QED) is 0.708. The van der Waals surface area contributed by atoms with Crippen LogP contribution in [0.2, 0.25) is 0 Å². The van der Waals surface area contributed by atoms with E-state index in [0.29, 0.717) is 5.56 Å². The largest absolute Gasteiger partial charge is 0.313 e. The fourth-order valence-electron chi connectivity index (χ4n) is 3.12. The summed E-state index contributed by atoms with van der Waals surface area (Å²) in [5.41, 5.74) is 5.28. The second-order valence-corrected chi connectivity index (χ2v) is 7.73. The number of fused-ring (bicyclic) bond motifs is 1. The summed E-state index contributed by atoms with van der Waals surface area (Å²) in [6, 6.07) is 19.4. The van der Waals surface area contributed by atoms with Crippen molar-refractivity contribution in [3.63, 3.8) is 0 Å². The summed E-state index contributed by atoms with van der Waals surface area (Å²) in [6.45, 7) is 4.17. The molecule has 2 atom stereocenters. The number of rotatable bonds is 4. The molecule has 2 heterocycles. The average Bonchev–Trinajstić information content (AvgIpc) is 3.11. The van der Waals surface area contributed by atoms with Crippen LogP contribution in [0.15, 0.2) is 65.8 Å². The van der Waals surface area contributed by atoms with Gasteiger partial charge in [-0.1, -0.05) is 86.3 Å². The Morgan fingerprint density at radius 1 is 1.04 bits per heavy atom. The van der Waals surface area contributed by atoms with Crippen LogP contribution in [0.4, 0.5) is 0 Å². The Bertz CT molecular complexity index is 908. The monoisotopic (exact) mass is 364 g/mol. The summed E-state index contributed by atoms with van der Waals surface area (Å²) in [5.74, 6) is 1.21. The first kappa shape index (κ1) is 16.8. The van der Waals surface area contributed by atoms with Gasteiger partial charge in [-0.3, -0.25) is 4.79 Å². The average molecular weight is 364 g/mol. The Morgan fingerprint density at radius 2 is 1.69 bits per heavy atom. The molecule has 0 unspecified atom stereocenters. The molecule has 1 aliphatic heterocycles. The van der Waals surface area contributed by atoms with Gasteiger partial charge in [0.05, 0.1) is 6.04 Å². The second kappa shape index (κ2) is 6.96. The van der Waals surface area contributed by atoms with Crippen molar-refractivity contribution < 1.29 is 4.79 Å². The molecule has 0 fully saturated rings. The van der Waals surface area contributed by atoms with Gasteiger partial charge in [0.1, 0.15) is 5.25 Å². The zero-order chi connectivity index (χ0) is 18.1. The van der Waals surface area contributed by atoms with E-state index in [0.717, 1.165) is 16.5 Å². The molecule has 0 saturated carbocycles. The number of carbonyl (C=O) groups is 1. The van der Waals surface area contributed by atoms with Crippen LogP contribution in [0, 0.1) is 0 Å². The number of thioether (sulfide) groups is 1. The third-order valence-corrected chi connectivity index (χ3v) is 5.67. The Morgan fingerprint density at radius 3 is 2.35 bits per heavy atom. The lowest BCUT2D eigenvalue weighted by atomic mass is 9.97. The van der Waals surface area contributed by atoms with E-state index in [9.17, 15) is 4.79 Å². The highest BCUT2D eigenvalue weighted by Crippen LogP contribution is 2.39. The summed E-state index contributed by atoms with van der Waals surface area (Å²) in [5, 5.41) is 9.03. The van der Waals surface area contributed by atoms with Crippen molar-refractivity contribution in [2.45, 2.75) is 36.2 Å². The van der Waals surface area contributed by atoms with E-state index in [1.165, 1.54) is 11.8 Å². The Balaban J connectivity index is 1.76. The van der Waals surface area contributed by atoms with E-state index < -0.39 is 0 Å². The maximum atomic E-state index is 13.2. The molecule has 1 aliphatic rings. The van der Waals surface area contributed by atoms with Gasteiger partial charge < -0.3 is 5.43 Å². The number of benzene rings is 2. The minimum Gasteiger partial charge on any atom is -0.313 e. The lowest BCUT2D eigenvalue weighted by Gasteiger charge is -2.33. The van der Waals surface area contributed by atoms with Crippen LogP contribution >= 0.6 is 11.8 Å². The molecule has 0 bridgehead atoms. The second-order valence-electron chi connectivity index (χ2n) is 6.62. The zero-order valence-corrected chi connectivity index (χ0v) is 15.5. The highest BCUT2D eigenvalue weighted by molar-refractivity contribution is 8.00. The van der Waals surface area contributed by atoms with Gasteiger partial charge in [-0.15, -0.1) is 10.2 Å². The topological polar surface area (TPSA) is 59.8 Å². The number of aromatic nitrogens is 3. The molecule has 1 aromatic heterocycles. The van der Waals surface area contributed by atoms with Crippen LogP contribution in [0.5, 0.6) is 0 Å². The number of Topliss-reactive ketones (excluding diaryl/α,β-unsaturated/α-hetero) is 1. The van der Waals surface area contributed by atoms with Gasteiger partial charge in [-0.2, -0.15) is 0 Å². The van der Waals surface area contributed by atoms with E-state index in [2.05, 4.69) is 29.5 Å². The van der Waals surface area contributed by atoms with Crippen molar-refractivity contribution in [3.05, 3.63) is 77.6 Å². The molecule has 3 aromatic rings. The number of hydrogen-bond acceptors (Lipinski definition) is 5. The van der Waals surface area contributed by atoms with Crippen LogP contribution in [-0.2, 0) is 0 Å². The third-order valence-electron chi connectivity index (χ3n) is 4.45. The van der Waals surface area contributed by atoms with E-state index >= 15 is 0 Å². The molecule has 1 N–H and O–H groups in total. The number of hydrogen-bond donors (Lipinski definition) is 1. The predicted molar refractivity (Wildman–Crippen MR) is 103 cm³/mol. The maximum Gasteiger partial charge on any atom is 0.210 e. The van der Waals surface area contributed by atoms with Gasteiger partial charge in [0.2, 0.25) is 5.16 Å². The van der Waals surface area contributed by atoms with Gasteiger partial charge in [-0.05, 0) is 5.56 Å². The maximum absolute atomic E-state index is 13.2.